The van der Waals surface area contributed by atoms with Gasteiger partial charge in [-0.15, -0.1) is 0 Å². The summed E-state index contributed by atoms with van der Waals surface area (Å²) in [5.74, 6) is 0.337. The fraction of sp³-hybridized carbons (Fsp3) is 0.500. The van der Waals surface area contributed by atoms with Gasteiger partial charge in [-0.1, -0.05) is 15.9 Å². The van der Waals surface area contributed by atoms with Gasteiger partial charge in [0.1, 0.15) is 5.75 Å². The Kier molecular flexibility index (Phi) is 3.24. The van der Waals surface area contributed by atoms with Crippen molar-refractivity contribution < 1.29 is 10.2 Å². The Labute approximate surface area is 104 Å². The second-order valence-corrected chi connectivity index (χ2v) is 5.44. The molecule has 2 rings (SSSR count). The van der Waals surface area contributed by atoms with E-state index < -0.39 is 0 Å². The molecule has 0 bridgehead atoms. The summed E-state index contributed by atoms with van der Waals surface area (Å²) in [4.78, 5) is 0. The lowest BCUT2D eigenvalue weighted by atomic mass is 10.1. The van der Waals surface area contributed by atoms with Crippen molar-refractivity contribution >= 4 is 15.9 Å². The van der Waals surface area contributed by atoms with Crippen molar-refractivity contribution in [3.8, 4) is 5.75 Å². The summed E-state index contributed by atoms with van der Waals surface area (Å²) in [5.41, 5.74) is 1.63. The molecule has 1 aliphatic rings. The minimum Gasteiger partial charge on any atom is -0.507 e. The van der Waals surface area contributed by atoms with Crippen LogP contribution in [0.1, 0.15) is 24.0 Å². The molecule has 1 aromatic carbocycles. The lowest BCUT2D eigenvalue weighted by Gasteiger charge is -2.15. The molecule has 0 aromatic heterocycles. The van der Waals surface area contributed by atoms with Crippen LogP contribution in [-0.4, -0.2) is 22.4 Å². The number of aryl methyl sites for hydroxylation is 1. The van der Waals surface area contributed by atoms with Crippen molar-refractivity contribution in [3.63, 3.8) is 0 Å². The van der Waals surface area contributed by atoms with Gasteiger partial charge in [-0.25, -0.2) is 0 Å². The smallest absolute Gasteiger partial charge is 0.123 e. The van der Waals surface area contributed by atoms with E-state index in [1.165, 1.54) is 0 Å². The molecule has 0 atom stereocenters. The largest absolute Gasteiger partial charge is 0.507 e. The van der Waals surface area contributed by atoms with Crippen LogP contribution in [0.15, 0.2) is 16.6 Å². The summed E-state index contributed by atoms with van der Waals surface area (Å²) in [6, 6.07) is 3.79. The SMILES string of the molecule is Cc1cc(Br)cc(CNC2(CO)CC2)c1O. The average molecular weight is 286 g/mol. The summed E-state index contributed by atoms with van der Waals surface area (Å²) in [7, 11) is 0. The van der Waals surface area contributed by atoms with Crippen LogP contribution in [0.25, 0.3) is 0 Å². The van der Waals surface area contributed by atoms with Gasteiger partial charge < -0.3 is 15.5 Å². The van der Waals surface area contributed by atoms with Crippen LogP contribution in [-0.2, 0) is 6.54 Å². The monoisotopic (exact) mass is 285 g/mol. The van der Waals surface area contributed by atoms with Crippen molar-refractivity contribution in [2.24, 2.45) is 0 Å². The number of halogens is 1. The van der Waals surface area contributed by atoms with Gasteiger partial charge in [0.2, 0.25) is 0 Å². The normalized spacial score (nSPS) is 17.4. The number of nitrogens with one attached hydrogen (secondary N) is 1. The van der Waals surface area contributed by atoms with E-state index in [1.54, 1.807) is 0 Å². The molecule has 88 valence electrons. The third-order valence-corrected chi connectivity index (χ3v) is 3.61. The molecule has 0 heterocycles. The molecule has 0 unspecified atom stereocenters. The summed E-state index contributed by atoms with van der Waals surface area (Å²) >= 11 is 3.41. The Balaban J connectivity index is 2.09. The summed E-state index contributed by atoms with van der Waals surface area (Å²) in [6.07, 6.45) is 2.02. The molecule has 3 nitrogen and oxygen atoms in total. The van der Waals surface area contributed by atoms with Gasteiger partial charge in [-0.05, 0) is 37.5 Å². The van der Waals surface area contributed by atoms with Crippen molar-refractivity contribution in [2.75, 3.05) is 6.61 Å². The topological polar surface area (TPSA) is 52.5 Å². The van der Waals surface area contributed by atoms with E-state index in [4.69, 9.17) is 0 Å². The Hall–Kier alpha value is -0.580. The Morgan fingerprint density at radius 2 is 2.12 bits per heavy atom. The van der Waals surface area contributed by atoms with Crippen molar-refractivity contribution in [3.05, 3.63) is 27.7 Å². The standard InChI is InChI=1S/C12H16BrNO2/c1-8-4-10(13)5-9(11(8)16)6-14-12(7-15)2-3-12/h4-5,14-16H,2-3,6-7H2,1H3. The van der Waals surface area contributed by atoms with Gasteiger partial charge in [-0.3, -0.25) is 0 Å². The maximum Gasteiger partial charge on any atom is 0.123 e. The van der Waals surface area contributed by atoms with Crippen LogP contribution in [0.3, 0.4) is 0 Å². The predicted molar refractivity (Wildman–Crippen MR) is 66.4 cm³/mol. The first-order valence-corrected chi connectivity index (χ1v) is 6.19. The zero-order chi connectivity index (χ0) is 11.8. The van der Waals surface area contributed by atoms with Gasteiger partial charge in [-0.2, -0.15) is 0 Å². The first kappa shape index (κ1) is 11.9. The van der Waals surface area contributed by atoms with Crippen LogP contribution >= 0.6 is 15.9 Å². The van der Waals surface area contributed by atoms with E-state index in [9.17, 15) is 10.2 Å². The van der Waals surface area contributed by atoms with Crippen LogP contribution in [0, 0.1) is 6.92 Å². The van der Waals surface area contributed by atoms with Crippen molar-refractivity contribution in [1.29, 1.82) is 0 Å². The Morgan fingerprint density at radius 1 is 1.44 bits per heavy atom. The lowest BCUT2D eigenvalue weighted by Crippen LogP contribution is -2.34. The Morgan fingerprint density at radius 3 is 2.69 bits per heavy atom. The summed E-state index contributed by atoms with van der Waals surface area (Å²) in [5, 5.41) is 22.4. The van der Waals surface area contributed by atoms with E-state index in [0.717, 1.165) is 28.4 Å². The zero-order valence-corrected chi connectivity index (χ0v) is 10.8. The van der Waals surface area contributed by atoms with E-state index in [-0.39, 0.29) is 12.1 Å². The molecule has 1 fully saturated rings. The summed E-state index contributed by atoms with van der Waals surface area (Å²) in [6.45, 7) is 2.63. The number of aliphatic hydroxyl groups excluding tert-OH is 1. The highest BCUT2D eigenvalue weighted by molar-refractivity contribution is 9.10. The number of phenols is 1. The van der Waals surface area contributed by atoms with Crippen molar-refractivity contribution in [2.45, 2.75) is 31.8 Å². The van der Waals surface area contributed by atoms with E-state index in [1.807, 2.05) is 19.1 Å². The first-order valence-electron chi connectivity index (χ1n) is 5.40. The number of benzene rings is 1. The van der Waals surface area contributed by atoms with Gasteiger partial charge in [0.15, 0.2) is 0 Å². The molecule has 0 aliphatic heterocycles. The number of phenolic OH excluding ortho intramolecular Hbond substituents is 1. The van der Waals surface area contributed by atoms with Crippen LogP contribution in [0.4, 0.5) is 0 Å². The molecule has 4 heteroatoms. The van der Waals surface area contributed by atoms with Crippen LogP contribution in [0.5, 0.6) is 5.75 Å². The molecular weight excluding hydrogens is 270 g/mol. The third kappa shape index (κ3) is 2.39. The highest BCUT2D eigenvalue weighted by atomic mass is 79.9. The minimum atomic E-state index is -0.0946. The quantitative estimate of drug-likeness (QED) is 0.794. The maximum absolute atomic E-state index is 9.89. The fourth-order valence-electron chi connectivity index (χ4n) is 1.76. The fourth-order valence-corrected chi connectivity index (χ4v) is 2.38. The highest BCUT2D eigenvalue weighted by Gasteiger charge is 2.41. The number of aromatic hydroxyl groups is 1. The molecule has 0 spiro atoms. The lowest BCUT2D eigenvalue weighted by molar-refractivity contribution is 0.229. The second-order valence-electron chi connectivity index (χ2n) is 4.52. The minimum absolute atomic E-state index is 0.0946. The van der Waals surface area contributed by atoms with E-state index >= 15 is 0 Å². The molecule has 16 heavy (non-hydrogen) atoms. The van der Waals surface area contributed by atoms with Gasteiger partial charge in [0.05, 0.1) is 6.61 Å². The molecule has 1 aromatic rings. The second kappa shape index (κ2) is 4.35. The maximum atomic E-state index is 9.89. The van der Waals surface area contributed by atoms with Gasteiger partial charge >= 0.3 is 0 Å². The van der Waals surface area contributed by atoms with Gasteiger partial charge in [0, 0.05) is 22.1 Å². The van der Waals surface area contributed by atoms with E-state index in [2.05, 4.69) is 21.2 Å². The van der Waals surface area contributed by atoms with Crippen LogP contribution in [0.2, 0.25) is 0 Å². The molecule has 3 N–H and O–H groups in total. The molecule has 1 saturated carbocycles. The predicted octanol–water partition coefficient (Wildman–Crippen LogP) is 2.08. The Bertz CT molecular complexity index is 402. The third-order valence-electron chi connectivity index (χ3n) is 3.15. The zero-order valence-electron chi connectivity index (χ0n) is 9.26. The van der Waals surface area contributed by atoms with Gasteiger partial charge in [0.25, 0.3) is 0 Å². The molecule has 0 amide bonds. The number of rotatable bonds is 4. The molecule has 0 saturated heterocycles. The van der Waals surface area contributed by atoms with E-state index in [0.29, 0.717) is 12.3 Å². The average Bonchev–Trinajstić information content (AvgIpc) is 3.02. The number of hydrogen-bond donors (Lipinski definition) is 3. The molecular formula is C12H16BrNO2. The number of hydrogen-bond acceptors (Lipinski definition) is 3. The van der Waals surface area contributed by atoms with Crippen LogP contribution < -0.4 is 5.32 Å². The summed E-state index contributed by atoms with van der Waals surface area (Å²) < 4.78 is 0.966. The molecule has 0 radical (unpaired) electrons. The van der Waals surface area contributed by atoms with Crippen molar-refractivity contribution in [1.82, 2.24) is 5.32 Å². The number of aliphatic hydroxyl groups is 1. The highest BCUT2D eigenvalue weighted by Crippen LogP contribution is 2.35. The molecule has 1 aliphatic carbocycles. The first-order chi connectivity index (χ1) is 7.56.